The van der Waals surface area contributed by atoms with Gasteiger partial charge >= 0.3 is 0 Å². The predicted molar refractivity (Wildman–Crippen MR) is 62.3 cm³/mol. The first kappa shape index (κ1) is 12.4. The van der Waals surface area contributed by atoms with Gasteiger partial charge in [-0.2, -0.15) is 0 Å². The van der Waals surface area contributed by atoms with Gasteiger partial charge in [-0.15, -0.1) is 0 Å². The fourth-order valence-corrected chi connectivity index (χ4v) is 7.83. The molecule has 0 heterocycles. The molecule has 74 valence electrons. The highest BCUT2D eigenvalue weighted by molar-refractivity contribution is 6.82. The largest absolute Gasteiger partial charge is 0.396 e. The first-order valence-electron chi connectivity index (χ1n) is 4.77. The Kier molecular flexibility index (Phi) is 4.20. The Morgan fingerprint density at radius 2 is 1.42 bits per heavy atom. The number of hydrogen-bond donors (Lipinski definition) is 1. The molecule has 0 aliphatic heterocycles. The van der Waals surface area contributed by atoms with Crippen LogP contribution in [0.2, 0.25) is 50.9 Å². The van der Waals surface area contributed by atoms with Gasteiger partial charge in [-0.05, 0) is 5.54 Å². The molecule has 0 saturated carbocycles. The summed E-state index contributed by atoms with van der Waals surface area (Å²) in [5.41, 5.74) is 0.615. The highest BCUT2D eigenvalue weighted by Crippen LogP contribution is 2.30. The van der Waals surface area contributed by atoms with Crippen molar-refractivity contribution in [3.63, 3.8) is 0 Å². The molecule has 12 heavy (non-hydrogen) atoms. The third kappa shape index (κ3) is 5.11. The van der Waals surface area contributed by atoms with E-state index in [2.05, 4.69) is 39.3 Å². The van der Waals surface area contributed by atoms with Gasteiger partial charge in [-0.3, -0.25) is 0 Å². The molecule has 3 heteroatoms. The molecule has 0 radical (unpaired) electrons. The van der Waals surface area contributed by atoms with E-state index in [1.807, 2.05) is 0 Å². The standard InChI is InChI=1S/C9H24OSi2/c1-11(2,3)8-9(7-10)12(4,5)6/h9-10H,7-8H2,1-6H3. The van der Waals surface area contributed by atoms with Crippen LogP contribution in [0.1, 0.15) is 0 Å². The van der Waals surface area contributed by atoms with Crippen LogP contribution in [0.4, 0.5) is 0 Å². The number of hydrogen-bond acceptors (Lipinski definition) is 1. The molecule has 0 amide bonds. The van der Waals surface area contributed by atoms with Crippen molar-refractivity contribution in [3.05, 3.63) is 0 Å². The second kappa shape index (κ2) is 4.07. The molecule has 0 spiro atoms. The van der Waals surface area contributed by atoms with Crippen molar-refractivity contribution in [1.82, 2.24) is 0 Å². The molecule has 1 unspecified atom stereocenters. The minimum atomic E-state index is -1.11. The zero-order valence-electron chi connectivity index (χ0n) is 9.44. The summed E-state index contributed by atoms with van der Waals surface area (Å²) in [5, 5.41) is 9.28. The Morgan fingerprint density at radius 3 is 1.50 bits per heavy atom. The highest BCUT2D eigenvalue weighted by atomic mass is 28.3. The van der Waals surface area contributed by atoms with Crippen LogP contribution in [0, 0.1) is 0 Å². The van der Waals surface area contributed by atoms with Crippen LogP contribution in [0.15, 0.2) is 0 Å². The van der Waals surface area contributed by atoms with Crippen molar-refractivity contribution in [1.29, 1.82) is 0 Å². The van der Waals surface area contributed by atoms with E-state index in [1.54, 1.807) is 0 Å². The molecule has 0 saturated heterocycles. The zero-order valence-corrected chi connectivity index (χ0v) is 11.4. The molecule has 0 aromatic carbocycles. The molecule has 1 nitrogen and oxygen atoms in total. The van der Waals surface area contributed by atoms with Crippen LogP contribution in [-0.4, -0.2) is 27.9 Å². The lowest BCUT2D eigenvalue weighted by molar-refractivity contribution is 0.291. The summed E-state index contributed by atoms with van der Waals surface area (Å²) in [5.74, 6) is 0. The SMILES string of the molecule is C[Si](C)(C)CC(CO)[Si](C)(C)C. The van der Waals surface area contributed by atoms with Gasteiger partial charge in [0.05, 0.1) is 0 Å². The van der Waals surface area contributed by atoms with Crippen molar-refractivity contribution in [3.8, 4) is 0 Å². The van der Waals surface area contributed by atoms with Crippen LogP contribution < -0.4 is 0 Å². The normalized spacial score (nSPS) is 16.2. The van der Waals surface area contributed by atoms with E-state index in [9.17, 15) is 5.11 Å². The fourth-order valence-electron chi connectivity index (χ4n) is 1.38. The van der Waals surface area contributed by atoms with E-state index in [-0.39, 0.29) is 0 Å². The molecule has 0 rings (SSSR count). The molecule has 1 atom stereocenters. The maximum atomic E-state index is 9.28. The van der Waals surface area contributed by atoms with Crippen molar-refractivity contribution in [2.75, 3.05) is 6.61 Å². The number of aliphatic hydroxyl groups is 1. The molecular formula is C9H24OSi2. The monoisotopic (exact) mass is 204 g/mol. The van der Waals surface area contributed by atoms with Crippen molar-refractivity contribution < 1.29 is 5.11 Å². The molecule has 0 aromatic rings. The molecule has 0 fully saturated rings. The zero-order chi connectivity index (χ0) is 9.99. The van der Waals surface area contributed by atoms with Crippen LogP contribution in [-0.2, 0) is 0 Å². The molecule has 1 N–H and O–H groups in total. The minimum absolute atomic E-state index is 0.403. The third-order valence-corrected chi connectivity index (χ3v) is 7.27. The van der Waals surface area contributed by atoms with Crippen molar-refractivity contribution in [2.24, 2.45) is 0 Å². The quantitative estimate of drug-likeness (QED) is 0.698. The Morgan fingerprint density at radius 1 is 1.00 bits per heavy atom. The van der Waals surface area contributed by atoms with Gasteiger partial charge in [0.25, 0.3) is 0 Å². The van der Waals surface area contributed by atoms with Crippen LogP contribution in [0.25, 0.3) is 0 Å². The van der Waals surface area contributed by atoms with Crippen LogP contribution >= 0.6 is 0 Å². The Hall–Kier alpha value is 0.394. The number of rotatable bonds is 4. The average Bonchev–Trinajstić information content (AvgIpc) is 1.78. The predicted octanol–water partition coefficient (Wildman–Crippen LogP) is 3.03. The van der Waals surface area contributed by atoms with Crippen molar-refractivity contribution >= 4 is 16.1 Å². The topological polar surface area (TPSA) is 20.2 Å². The smallest absolute Gasteiger partial charge is 0.0496 e. The lowest BCUT2D eigenvalue weighted by Crippen LogP contribution is -2.36. The second-order valence-electron chi connectivity index (χ2n) is 6.01. The summed E-state index contributed by atoms with van der Waals surface area (Å²) >= 11 is 0. The van der Waals surface area contributed by atoms with E-state index >= 15 is 0 Å². The average molecular weight is 204 g/mol. The Balaban J connectivity index is 4.20. The lowest BCUT2D eigenvalue weighted by Gasteiger charge is -2.32. The molecule has 0 aromatic heterocycles. The summed E-state index contributed by atoms with van der Waals surface area (Å²) in [6.45, 7) is 14.6. The van der Waals surface area contributed by atoms with Gasteiger partial charge in [0.15, 0.2) is 0 Å². The van der Waals surface area contributed by atoms with Gasteiger partial charge in [-0.25, -0.2) is 0 Å². The highest BCUT2D eigenvalue weighted by Gasteiger charge is 2.30. The third-order valence-electron chi connectivity index (χ3n) is 2.30. The molecule has 0 aliphatic rings. The van der Waals surface area contributed by atoms with Crippen LogP contribution in [0.3, 0.4) is 0 Å². The van der Waals surface area contributed by atoms with E-state index in [0.717, 1.165) is 0 Å². The maximum absolute atomic E-state index is 9.28. The maximum Gasteiger partial charge on any atom is 0.0496 e. The van der Waals surface area contributed by atoms with E-state index < -0.39 is 16.1 Å². The molecule has 0 aliphatic carbocycles. The van der Waals surface area contributed by atoms with Gasteiger partial charge in [0, 0.05) is 22.8 Å². The van der Waals surface area contributed by atoms with Gasteiger partial charge in [0.2, 0.25) is 0 Å². The fraction of sp³-hybridized carbons (Fsp3) is 1.00. The van der Waals surface area contributed by atoms with Crippen molar-refractivity contribution in [2.45, 2.75) is 50.9 Å². The lowest BCUT2D eigenvalue weighted by atomic mass is 10.5. The van der Waals surface area contributed by atoms with Gasteiger partial charge in [0.1, 0.15) is 0 Å². The first-order valence-corrected chi connectivity index (χ1v) is 12.1. The van der Waals surface area contributed by atoms with Gasteiger partial charge in [-0.1, -0.05) is 45.3 Å². The summed E-state index contributed by atoms with van der Waals surface area (Å²) in [7, 11) is -2.09. The number of aliphatic hydroxyl groups excluding tert-OH is 1. The molecule has 0 bridgehead atoms. The summed E-state index contributed by atoms with van der Waals surface area (Å²) in [6.07, 6.45) is 0. The Bertz CT molecular complexity index is 132. The first-order chi connectivity index (χ1) is 5.17. The van der Waals surface area contributed by atoms with E-state index in [0.29, 0.717) is 12.1 Å². The minimum Gasteiger partial charge on any atom is -0.396 e. The summed E-state index contributed by atoms with van der Waals surface area (Å²) in [6, 6.07) is 1.29. The van der Waals surface area contributed by atoms with E-state index in [4.69, 9.17) is 0 Å². The second-order valence-corrected chi connectivity index (χ2v) is 17.1. The van der Waals surface area contributed by atoms with E-state index in [1.165, 1.54) is 6.04 Å². The Labute approximate surface area is 79.2 Å². The summed E-state index contributed by atoms with van der Waals surface area (Å²) < 4.78 is 0. The van der Waals surface area contributed by atoms with Gasteiger partial charge < -0.3 is 5.11 Å². The molecular weight excluding hydrogens is 180 g/mol. The van der Waals surface area contributed by atoms with Crippen LogP contribution in [0.5, 0.6) is 0 Å². The summed E-state index contributed by atoms with van der Waals surface area (Å²) in [4.78, 5) is 0.